The summed E-state index contributed by atoms with van der Waals surface area (Å²) >= 11 is 1.44. The number of nitrogens with one attached hydrogen (secondary N) is 1. The molecule has 1 heterocycles. The monoisotopic (exact) mass is 452 g/mol. The number of carbonyl (C=O) groups excluding carboxylic acids is 1. The van der Waals surface area contributed by atoms with E-state index in [0.717, 1.165) is 40.1 Å². The van der Waals surface area contributed by atoms with Gasteiger partial charge in [0.2, 0.25) is 5.91 Å². The first-order valence-electron chi connectivity index (χ1n) is 10.6. The van der Waals surface area contributed by atoms with Crippen LogP contribution in [0.15, 0.2) is 42.5 Å². The second-order valence-corrected chi connectivity index (χ2v) is 9.76. The maximum absolute atomic E-state index is 13.6. The van der Waals surface area contributed by atoms with E-state index in [1.165, 1.54) is 11.3 Å². The lowest BCUT2D eigenvalue weighted by molar-refractivity contribution is -0.144. The summed E-state index contributed by atoms with van der Waals surface area (Å²) in [4.78, 5) is 33.6. The number of thiazole rings is 1. The Balaban J connectivity index is 1.57. The zero-order valence-electron chi connectivity index (χ0n) is 18.6. The van der Waals surface area contributed by atoms with Crippen LogP contribution in [0.25, 0.3) is 10.2 Å². The molecule has 0 aliphatic heterocycles. The van der Waals surface area contributed by atoms with Gasteiger partial charge in [-0.2, -0.15) is 0 Å². The Bertz CT molecular complexity index is 1130. The first-order valence-corrected chi connectivity index (χ1v) is 11.4. The normalized spacial score (nSPS) is 14.5. The maximum Gasteiger partial charge on any atom is 0.304 e. The molecule has 0 saturated carbocycles. The van der Waals surface area contributed by atoms with E-state index in [0.29, 0.717) is 18.0 Å². The molecule has 168 valence electrons. The number of amides is 1. The van der Waals surface area contributed by atoms with Crippen molar-refractivity contribution in [3.8, 4) is 0 Å². The van der Waals surface area contributed by atoms with Gasteiger partial charge in [0, 0.05) is 25.8 Å². The van der Waals surface area contributed by atoms with Gasteiger partial charge in [-0.3, -0.25) is 14.5 Å². The molecule has 2 aromatic carbocycles. The quantitative estimate of drug-likeness (QED) is 0.544. The van der Waals surface area contributed by atoms with Crippen molar-refractivity contribution in [3.63, 3.8) is 0 Å². The lowest BCUT2D eigenvalue weighted by Gasteiger charge is -2.30. The van der Waals surface area contributed by atoms with Crippen LogP contribution in [0.2, 0.25) is 0 Å². The van der Waals surface area contributed by atoms with Crippen LogP contribution in [0.5, 0.6) is 0 Å². The van der Waals surface area contributed by atoms with Gasteiger partial charge in [-0.05, 0) is 56.3 Å². The second kappa shape index (κ2) is 8.88. The molecule has 4 rings (SSSR count). The predicted molar refractivity (Wildman–Crippen MR) is 129 cm³/mol. The number of carboxylic acids is 1. The molecule has 3 aromatic rings. The number of hydrogen-bond donors (Lipinski definition) is 2. The van der Waals surface area contributed by atoms with Crippen molar-refractivity contribution in [1.82, 2.24) is 9.88 Å². The Kier molecular flexibility index (Phi) is 6.17. The number of benzene rings is 2. The average molecular weight is 453 g/mol. The Morgan fingerprint density at radius 3 is 2.44 bits per heavy atom. The van der Waals surface area contributed by atoms with E-state index in [1.54, 1.807) is 11.9 Å². The van der Waals surface area contributed by atoms with Crippen molar-refractivity contribution < 1.29 is 14.7 Å². The van der Waals surface area contributed by atoms with E-state index >= 15 is 0 Å². The smallest absolute Gasteiger partial charge is 0.304 e. The van der Waals surface area contributed by atoms with E-state index in [-0.39, 0.29) is 12.3 Å². The van der Waals surface area contributed by atoms with Crippen molar-refractivity contribution in [1.29, 1.82) is 0 Å². The van der Waals surface area contributed by atoms with Gasteiger partial charge < -0.3 is 15.3 Å². The van der Waals surface area contributed by atoms with Crippen LogP contribution < -0.4 is 10.2 Å². The molecule has 0 atom stereocenters. The Morgan fingerprint density at radius 2 is 1.81 bits per heavy atom. The van der Waals surface area contributed by atoms with E-state index in [9.17, 15) is 14.7 Å². The van der Waals surface area contributed by atoms with Crippen molar-refractivity contribution >= 4 is 44.2 Å². The molecule has 0 unspecified atom stereocenters. The molecule has 2 N–H and O–H groups in total. The van der Waals surface area contributed by atoms with Gasteiger partial charge in [0.1, 0.15) is 0 Å². The van der Waals surface area contributed by atoms with E-state index in [2.05, 4.69) is 15.2 Å². The standard InChI is InChI=1S/C24H28N4O3S/c1-27(2)11-10-25-18-8-9-19-20(12-18)32-23(26-19)28(3)22(31)24(15-21(29)30)13-16-6-4-5-7-17(16)14-24/h4-9,12,25H,10-11,13-15H2,1-3H3,(H,29,30). The number of aromatic nitrogens is 1. The summed E-state index contributed by atoms with van der Waals surface area (Å²) in [6, 6.07) is 13.8. The maximum atomic E-state index is 13.6. The molecule has 1 aromatic heterocycles. The molecule has 0 bridgehead atoms. The Labute approximate surface area is 191 Å². The summed E-state index contributed by atoms with van der Waals surface area (Å²) in [6.07, 6.45) is 0.669. The molecule has 1 amide bonds. The van der Waals surface area contributed by atoms with Gasteiger partial charge in [-0.1, -0.05) is 35.6 Å². The first-order chi connectivity index (χ1) is 15.3. The summed E-state index contributed by atoms with van der Waals surface area (Å²) in [6.45, 7) is 1.76. The number of aliphatic carboxylic acids is 1. The summed E-state index contributed by atoms with van der Waals surface area (Å²) < 4.78 is 0.983. The molecule has 8 heteroatoms. The van der Waals surface area contributed by atoms with Crippen molar-refractivity contribution in [3.05, 3.63) is 53.6 Å². The van der Waals surface area contributed by atoms with Gasteiger partial charge in [0.25, 0.3) is 0 Å². The summed E-state index contributed by atoms with van der Waals surface area (Å²) in [5.41, 5.74) is 2.95. The van der Waals surface area contributed by atoms with Gasteiger partial charge in [-0.25, -0.2) is 4.98 Å². The van der Waals surface area contributed by atoms with E-state index in [1.807, 2.05) is 56.6 Å². The van der Waals surface area contributed by atoms with Gasteiger partial charge in [0.15, 0.2) is 5.13 Å². The number of likely N-dealkylation sites (N-methyl/N-ethyl adjacent to an activating group) is 1. The number of carboxylic acid groups (broad SMARTS) is 1. The molecule has 0 fully saturated rings. The third-order valence-corrected chi connectivity index (χ3v) is 7.07. The molecule has 0 saturated heterocycles. The van der Waals surface area contributed by atoms with E-state index < -0.39 is 11.4 Å². The third kappa shape index (κ3) is 4.47. The zero-order valence-corrected chi connectivity index (χ0v) is 19.4. The Morgan fingerprint density at radius 1 is 1.12 bits per heavy atom. The second-order valence-electron chi connectivity index (χ2n) is 8.75. The molecule has 32 heavy (non-hydrogen) atoms. The SMILES string of the molecule is CN(C)CCNc1ccc2nc(N(C)C(=O)C3(CC(=O)O)Cc4ccccc4C3)sc2c1. The minimum atomic E-state index is -0.985. The lowest BCUT2D eigenvalue weighted by Crippen LogP contribution is -2.44. The highest BCUT2D eigenvalue weighted by atomic mass is 32.1. The average Bonchev–Trinajstić information content (AvgIpc) is 3.33. The van der Waals surface area contributed by atoms with Crippen molar-refractivity contribution in [2.24, 2.45) is 5.41 Å². The van der Waals surface area contributed by atoms with Gasteiger partial charge in [0.05, 0.1) is 22.1 Å². The predicted octanol–water partition coefficient (Wildman–Crippen LogP) is 3.49. The van der Waals surface area contributed by atoms with Gasteiger partial charge in [-0.15, -0.1) is 0 Å². The first kappa shape index (κ1) is 22.2. The molecule has 1 aliphatic rings. The molecule has 0 radical (unpaired) electrons. The van der Waals surface area contributed by atoms with Crippen LogP contribution in [0.3, 0.4) is 0 Å². The van der Waals surface area contributed by atoms with Crippen LogP contribution in [0.4, 0.5) is 10.8 Å². The molecule has 7 nitrogen and oxygen atoms in total. The number of nitrogens with zero attached hydrogens (tertiary/aromatic N) is 3. The van der Waals surface area contributed by atoms with Crippen molar-refractivity contribution in [2.45, 2.75) is 19.3 Å². The van der Waals surface area contributed by atoms with E-state index in [4.69, 9.17) is 0 Å². The fourth-order valence-electron chi connectivity index (χ4n) is 4.37. The van der Waals surface area contributed by atoms with Gasteiger partial charge >= 0.3 is 5.97 Å². The highest BCUT2D eigenvalue weighted by Crippen LogP contribution is 2.42. The summed E-state index contributed by atoms with van der Waals surface area (Å²) in [5.74, 6) is -1.16. The molecular weight excluding hydrogens is 424 g/mol. The third-order valence-electron chi connectivity index (χ3n) is 5.98. The van der Waals surface area contributed by atoms with Crippen LogP contribution in [0.1, 0.15) is 17.5 Å². The number of rotatable bonds is 8. The minimum absolute atomic E-state index is 0.195. The number of fused-ring (bicyclic) bond motifs is 2. The number of anilines is 2. The topological polar surface area (TPSA) is 85.8 Å². The molecule has 1 aliphatic carbocycles. The lowest BCUT2D eigenvalue weighted by atomic mass is 9.80. The van der Waals surface area contributed by atoms with Crippen molar-refractivity contribution in [2.75, 3.05) is 44.4 Å². The number of carbonyl (C=O) groups is 2. The van der Waals surface area contributed by atoms with Crippen LogP contribution in [-0.4, -0.2) is 61.1 Å². The zero-order chi connectivity index (χ0) is 22.9. The van der Waals surface area contributed by atoms with Crippen LogP contribution in [-0.2, 0) is 22.4 Å². The highest BCUT2D eigenvalue weighted by molar-refractivity contribution is 7.22. The number of hydrogen-bond acceptors (Lipinski definition) is 6. The van der Waals surface area contributed by atoms with Crippen LogP contribution in [0, 0.1) is 5.41 Å². The minimum Gasteiger partial charge on any atom is -0.481 e. The fourth-order valence-corrected chi connectivity index (χ4v) is 5.33. The summed E-state index contributed by atoms with van der Waals surface area (Å²) in [5, 5.41) is 13.6. The molecule has 0 spiro atoms. The fraction of sp³-hybridized carbons (Fsp3) is 0.375. The highest BCUT2D eigenvalue weighted by Gasteiger charge is 2.47. The Hall–Kier alpha value is -2.97. The summed E-state index contributed by atoms with van der Waals surface area (Å²) in [7, 11) is 5.77. The largest absolute Gasteiger partial charge is 0.481 e. The molecular formula is C24H28N4O3S. The van der Waals surface area contributed by atoms with Crippen LogP contribution >= 0.6 is 11.3 Å².